The molecule has 0 spiro atoms. The average Bonchev–Trinajstić information content (AvgIpc) is 3.34. The molecule has 2 unspecified atom stereocenters. The maximum atomic E-state index is 10.4. The molecule has 66 heavy (non-hydrogen) atoms. The summed E-state index contributed by atoms with van der Waals surface area (Å²) < 4.78 is 23.7. The van der Waals surface area contributed by atoms with Crippen molar-refractivity contribution < 1.29 is 49.6 Å². The normalized spacial score (nSPS) is 12.4. The smallest absolute Gasteiger partial charge is 0.121 e. The van der Waals surface area contributed by atoms with Crippen LogP contribution < -0.4 is 20.1 Å². The fourth-order valence-electron chi connectivity index (χ4n) is 7.61. The fourth-order valence-corrected chi connectivity index (χ4v) is 7.61. The van der Waals surface area contributed by atoms with Crippen LogP contribution in [0, 0.1) is 0 Å². The van der Waals surface area contributed by atoms with E-state index in [2.05, 4.69) is 59.2 Å². The molecule has 2 atom stereocenters. The Morgan fingerprint density at radius 2 is 0.773 bits per heavy atom. The Balaban J connectivity index is 0.864. The van der Waals surface area contributed by atoms with Gasteiger partial charge < -0.3 is 60.2 Å². The first-order valence-electron chi connectivity index (χ1n) is 24.6. The Morgan fingerprint density at radius 3 is 1.17 bits per heavy atom. The zero-order chi connectivity index (χ0) is 46.9. The van der Waals surface area contributed by atoms with Gasteiger partial charge in [-0.2, -0.15) is 0 Å². The highest BCUT2D eigenvalue weighted by atomic mass is 16.5. The van der Waals surface area contributed by atoms with E-state index in [4.69, 9.17) is 18.9 Å². The highest BCUT2D eigenvalue weighted by Gasteiger charge is 2.11. The van der Waals surface area contributed by atoms with Crippen LogP contribution in [-0.4, -0.2) is 96.5 Å². The maximum Gasteiger partial charge on any atom is 0.121 e. The van der Waals surface area contributed by atoms with Crippen molar-refractivity contribution in [1.29, 1.82) is 0 Å². The summed E-state index contributed by atoms with van der Waals surface area (Å²) in [5, 5.41) is 65.3. The van der Waals surface area contributed by atoms with Crippen molar-refractivity contribution >= 4 is 0 Å². The number of aryl methyl sites for hydroxylation is 2. The molecule has 0 saturated heterocycles. The lowest BCUT2D eigenvalue weighted by atomic mass is 10.1. The largest absolute Gasteiger partial charge is 0.508 e. The van der Waals surface area contributed by atoms with E-state index in [-0.39, 0.29) is 24.7 Å². The molecule has 0 aromatic heterocycles. The molecule has 366 valence electrons. The fraction of sp³-hybridized carbons (Fsp3) is 0.556. The summed E-state index contributed by atoms with van der Waals surface area (Å²) >= 11 is 0. The molecule has 12 nitrogen and oxygen atoms in total. The molecule has 0 saturated carbocycles. The van der Waals surface area contributed by atoms with Gasteiger partial charge in [0.2, 0.25) is 0 Å². The van der Waals surface area contributed by atoms with Gasteiger partial charge in [-0.25, -0.2) is 0 Å². The zero-order valence-corrected chi connectivity index (χ0v) is 39.4. The first kappa shape index (κ1) is 54.4. The minimum absolute atomic E-state index is 0.0412. The van der Waals surface area contributed by atoms with Gasteiger partial charge >= 0.3 is 0 Å². The summed E-state index contributed by atoms with van der Waals surface area (Å²) in [4.78, 5) is 0. The van der Waals surface area contributed by atoms with Crippen molar-refractivity contribution in [3.63, 3.8) is 0 Å². The van der Waals surface area contributed by atoms with Crippen molar-refractivity contribution in [2.45, 2.75) is 128 Å². The van der Waals surface area contributed by atoms with E-state index in [1.807, 2.05) is 0 Å². The molecular formula is C54H80N2O10. The second kappa shape index (κ2) is 34.1. The lowest BCUT2D eigenvalue weighted by molar-refractivity contribution is 0.127. The Kier molecular flexibility index (Phi) is 28.1. The van der Waals surface area contributed by atoms with Crippen LogP contribution in [0.3, 0.4) is 0 Å². The second-order valence-corrected chi connectivity index (χ2v) is 17.2. The van der Waals surface area contributed by atoms with E-state index in [1.165, 1.54) is 23.3 Å². The summed E-state index contributed by atoms with van der Waals surface area (Å²) in [7, 11) is 0. The predicted octanol–water partition coefficient (Wildman–Crippen LogP) is 8.77. The van der Waals surface area contributed by atoms with E-state index < -0.39 is 12.2 Å². The number of rotatable bonds is 39. The third-order valence-corrected chi connectivity index (χ3v) is 11.7. The first-order valence-corrected chi connectivity index (χ1v) is 24.6. The van der Waals surface area contributed by atoms with E-state index in [9.17, 15) is 30.6 Å². The van der Waals surface area contributed by atoms with E-state index in [0.717, 1.165) is 167 Å². The molecule has 0 aliphatic carbocycles. The van der Waals surface area contributed by atoms with Crippen LogP contribution in [-0.2, 0) is 35.5 Å². The van der Waals surface area contributed by atoms with Gasteiger partial charge in [0.05, 0.1) is 38.6 Å². The highest BCUT2D eigenvalue weighted by Crippen LogP contribution is 2.24. The molecule has 4 aromatic rings. The molecule has 4 rings (SSSR count). The number of aliphatic hydroxyl groups excluding tert-OH is 4. The number of aromatic hydroxyl groups is 2. The number of nitrogens with one attached hydrogen (secondary N) is 2. The number of benzene rings is 4. The Labute approximate surface area is 394 Å². The van der Waals surface area contributed by atoms with Crippen molar-refractivity contribution in [3.05, 3.63) is 118 Å². The van der Waals surface area contributed by atoms with Gasteiger partial charge in [0.15, 0.2) is 0 Å². The van der Waals surface area contributed by atoms with Gasteiger partial charge in [-0.15, -0.1) is 0 Å². The number of ether oxygens (including phenoxy) is 4. The molecule has 0 radical (unpaired) electrons. The van der Waals surface area contributed by atoms with Gasteiger partial charge in [-0.05, 0) is 161 Å². The summed E-state index contributed by atoms with van der Waals surface area (Å²) in [5.41, 5.74) is 4.81. The molecule has 0 aliphatic heterocycles. The summed E-state index contributed by atoms with van der Waals surface area (Å²) in [6.45, 7) is 6.57. The van der Waals surface area contributed by atoms with Crippen molar-refractivity contribution in [1.82, 2.24) is 10.6 Å². The Morgan fingerprint density at radius 1 is 0.409 bits per heavy atom. The molecule has 0 bridgehead atoms. The number of hydrogen-bond donors (Lipinski definition) is 8. The number of aliphatic hydroxyl groups is 4. The van der Waals surface area contributed by atoms with Crippen molar-refractivity contribution in [2.75, 3.05) is 65.8 Å². The maximum absolute atomic E-state index is 10.4. The van der Waals surface area contributed by atoms with Crippen LogP contribution in [0.1, 0.15) is 135 Å². The second-order valence-electron chi connectivity index (χ2n) is 17.2. The SMILES string of the molecule is OCc1cc(C(O)CNCCCCCCOCCCc2ccc(OCCCCCCOc3ccc(CCCOCCCCCCNCC(O)c4ccc(O)c(CO)c4)cc3)cc2)ccc1O. The summed E-state index contributed by atoms with van der Waals surface area (Å²) in [5.74, 6) is 1.93. The number of unbranched alkanes of at least 4 members (excludes halogenated alkanes) is 9. The predicted molar refractivity (Wildman–Crippen MR) is 261 cm³/mol. The van der Waals surface area contributed by atoms with Gasteiger partial charge in [0, 0.05) is 50.6 Å². The molecule has 8 N–H and O–H groups in total. The number of hydrogen-bond acceptors (Lipinski definition) is 12. The molecule has 4 aromatic carbocycles. The van der Waals surface area contributed by atoms with E-state index in [0.29, 0.717) is 35.3 Å². The van der Waals surface area contributed by atoms with Crippen LogP contribution in [0.4, 0.5) is 0 Å². The quantitative estimate of drug-likeness (QED) is 0.0200. The molecule has 0 amide bonds. The molecule has 12 heteroatoms. The van der Waals surface area contributed by atoms with E-state index >= 15 is 0 Å². The lowest BCUT2D eigenvalue weighted by Crippen LogP contribution is -2.22. The third kappa shape index (κ3) is 23.0. The first-order chi connectivity index (χ1) is 32.4. The highest BCUT2D eigenvalue weighted by molar-refractivity contribution is 5.37. The van der Waals surface area contributed by atoms with Gasteiger partial charge in [-0.1, -0.05) is 62.1 Å². The van der Waals surface area contributed by atoms with Gasteiger partial charge in [-0.3, -0.25) is 0 Å². The Hall–Kier alpha value is -4.24. The molecule has 0 fully saturated rings. The zero-order valence-electron chi connectivity index (χ0n) is 39.4. The van der Waals surface area contributed by atoms with Crippen LogP contribution in [0.5, 0.6) is 23.0 Å². The van der Waals surface area contributed by atoms with Crippen molar-refractivity contribution in [2.24, 2.45) is 0 Å². The molecule has 0 heterocycles. The van der Waals surface area contributed by atoms with Crippen LogP contribution in [0.15, 0.2) is 84.9 Å². The monoisotopic (exact) mass is 917 g/mol. The third-order valence-electron chi connectivity index (χ3n) is 11.7. The minimum atomic E-state index is -0.676. The van der Waals surface area contributed by atoms with Crippen molar-refractivity contribution in [3.8, 4) is 23.0 Å². The van der Waals surface area contributed by atoms with E-state index in [1.54, 1.807) is 24.3 Å². The number of phenols is 2. The topological polar surface area (TPSA) is 182 Å². The van der Waals surface area contributed by atoms with Crippen LogP contribution in [0.2, 0.25) is 0 Å². The molecule has 0 aliphatic rings. The summed E-state index contributed by atoms with van der Waals surface area (Å²) in [6.07, 6.45) is 15.5. The molecular weight excluding hydrogens is 837 g/mol. The van der Waals surface area contributed by atoms with Gasteiger partial charge in [0.25, 0.3) is 0 Å². The average molecular weight is 917 g/mol. The standard InChI is InChI=1S/C54H80N2O10/c57-41-47-37-45(21-27-51(47)59)53(61)39-55-29-7-1-3-9-31-63-33-13-15-43-17-23-49(24-18-43)65-35-11-5-6-12-36-66-50-25-19-44(20-26-50)16-14-34-64-32-10-4-2-8-30-56-40-54(62)46-22-28-52(60)48(38-46)42-58/h17-28,37-38,53-62H,1-16,29-36,39-42H2. The summed E-state index contributed by atoms with van der Waals surface area (Å²) in [6, 6.07) is 26.5. The Bertz CT molecular complexity index is 1690. The van der Waals surface area contributed by atoms with Crippen LogP contribution >= 0.6 is 0 Å². The van der Waals surface area contributed by atoms with Gasteiger partial charge in [0.1, 0.15) is 23.0 Å². The lowest BCUT2D eigenvalue weighted by Gasteiger charge is -2.14. The van der Waals surface area contributed by atoms with Crippen LogP contribution in [0.25, 0.3) is 0 Å². The minimum Gasteiger partial charge on any atom is -0.508 e.